The lowest BCUT2D eigenvalue weighted by Crippen LogP contribution is -2.58. The Balaban J connectivity index is 1.23. The van der Waals surface area contributed by atoms with Gasteiger partial charge < -0.3 is 24.8 Å². The lowest BCUT2D eigenvalue weighted by molar-refractivity contribution is -0.143. The summed E-state index contributed by atoms with van der Waals surface area (Å²) in [6, 6.07) is 0.134. The summed E-state index contributed by atoms with van der Waals surface area (Å²) in [5.41, 5.74) is -3.33. The number of alkyl halides is 3. The smallest absolute Gasteiger partial charge is 0.438 e. The Morgan fingerprint density at radius 2 is 1.84 bits per heavy atom. The van der Waals surface area contributed by atoms with Gasteiger partial charge in [-0.3, -0.25) is 23.9 Å². The van der Waals surface area contributed by atoms with E-state index < -0.39 is 105 Å². The van der Waals surface area contributed by atoms with E-state index in [-0.39, 0.29) is 29.6 Å². The topological polar surface area (TPSA) is 203 Å². The fraction of sp³-hybridized carbons (Fsp3) is 0.528. The average Bonchev–Trinajstić information content (AvgIpc) is 4.03. The number of carbonyl (C=O) groups is 4. The van der Waals surface area contributed by atoms with Gasteiger partial charge in [-0.05, 0) is 64.5 Å². The van der Waals surface area contributed by atoms with Crippen LogP contribution in [0.5, 0.6) is 5.88 Å². The largest absolute Gasteiger partial charge is 0.471 e. The Morgan fingerprint density at radius 3 is 2.54 bits per heavy atom. The molecule has 300 valence electrons. The maximum absolute atomic E-state index is 14.5. The third-order valence-electron chi connectivity index (χ3n) is 10.7. The number of ether oxygens (including phenoxy) is 1. The molecular weight excluding hydrogens is 766 g/mol. The van der Waals surface area contributed by atoms with Gasteiger partial charge in [0.05, 0.1) is 22.8 Å². The zero-order valence-electron chi connectivity index (χ0n) is 30.3. The Kier molecular flexibility index (Phi) is 10.3. The second-order valence-electron chi connectivity index (χ2n) is 14.7. The number of rotatable bonds is 7. The predicted octanol–water partition coefficient (Wildman–Crippen LogP) is 3.54. The van der Waals surface area contributed by atoms with Crippen LogP contribution in [0.25, 0.3) is 11.0 Å². The first-order valence-electron chi connectivity index (χ1n) is 18.3. The van der Waals surface area contributed by atoms with Gasteiger partial charge in [0.2, 0.25) is 33.4 Å². The highest BCUT2D eigenvalue weighted by Crippen LogP contribution is 2.46. The van der Waals surface area contributed by atoms with E-state index in [2.05, 4.69) is 30.5 Å². The minimum atomic E-state index is -5.07. The van der Waals surface area contributed by atoms with Crippen molar-refractivity contribution in [3.05, 3.63) is 58.9 Å². The van der Waals surface area contributed by atoms with Crippen LogP contribution in [0.4, 0.5) is 17.6 Å². The first-order chi connectivity index (χ1) is 26.5. The molecule has 0 radical (unpaired) electrons. The number of hydrogen-bond acceptors (Lipinski definition) is 11. The van der Waals surface area contributed by atoms with Crippen LogP contribution in [-0.4, -0.2) is 87.6 Å². The van der Waals surface area contributed by atoms with Gasteiger partial charge in [-0.25, -0.2) is 22.8 Å². The highest BCUT2D eigenvalue weighted by Gasteiger charge is 2.62. The number of nitrogens with zero attached hydrogens (tertiary/aromatic N) is 4. The normalized spacial score (nSPS) is 26.6. The number of nitrogens with one attached hydrogen (secondary N) is 3. The molecule has 15 nitrogen and oxygen atoms in total. The zero-order chi connectivity index (χ0) is 40.2. The summed E-state index contributed by atoms with van der Waals surface area (Å²) in [7, 11) is -4.02. The van der Waals surface area contributed by atoms with E-state index in [4.69, 9.17) is 9.26 Å². The minimum absolute atomic E-state index is 0.0508. The number of allylic oxidation sites excluding steroid dienone is 1. The van der Waals surface area contributed by atoms with Crippen LogP contribution in [0.3, 0.4) is 0 Å². The highest BCUT2D eigenvalue weighted by molar-refractivity contribution is 7.91. The lowest BCUT2D eigenvalue weighted by Gasteiger charge is -2.29. The van der Waals surface area contributed by atoms with Crippen molar-refractivity contribution in [3.8, 4) is 5.88 Å². The van der Waals surface area contributed by atoms with E-state index in [1.54, 1.807) is 19.9 Å². The summed E-state index contributed by atoms with van der Waals surface area (Å²) in [5.74, 6) is -5.34. The summed E-state index contributed by atoms with van der Waals surface area (Å²) in [5, 5.41) is 8.43. The molecule has 7 rings (SSSR count). The monoisotopic (exact) mass is 805 g/mol. The molecule has 2 aromatic heterocycles. The average molecular weight is 806 g/mol. The first-order valence-corrected chi connectivity index (χ1v) is 19.8. The molecule has 4 heterocycles. The van der Waals surface area contributed by atoms with E-state index in [9.17, 15) is 45.2 Å². The molecule has 3 fully saturated rings. The van der Waals surface area contributed by atoms with Crippen molar-refractivity contribution in [2.24, 2.45) is 5.92 Å². The Morgan fingerprint density at radius 1 is 1.07 bits per heavy atom. The fourth-order valence-electron chi connectivity index (χ4n) is 7.14. The van der Waals surface area contributed by atoms with Crippen LogP contribution in [0, 0.1) is 25.6 Å². The number of amides is 4. The molecule has 4 amide bonds. The first kappa shape index (κ1) is 39.1. The van der Waals surface area contributed by atoms with Crippen molar-refractivity contribution in [1.82, 2.24) is 35.4 Å². The second kappa shape index (κ2) is 14.7. The predicted molar refractivity (Wildman–Crippen MR) is 188 cm³/mol. The summed E-state index contributed by atoms with van der Waals surface area (Å²) < 4.78 is 95.5. The molecule has 1 aromatic carbocycles. The molecule has 2 saturated carbocycles. The number of carbonyl (C=O) groups excluding carboxylic acids is 4. The van der Waals surface area contributed by atoms with Gasteiger partial charge in [-0.15, -0.1) is 0 Å². The maximum atomic E-state index is 14.5. The second-order valence-corrected chi connectivity index (χ2v) is 16.7. The maximum Gasteiger partial charge on any atom is 0.438 e. The number of sulfonamides is 1. The van der Waals surface area contributed by atoms with E-state index in [1.807, 2.05) is 6.08 Å². The van der Waals surface area contributed by atoms with Gasteiger partial charge in [0.15, 0.2) is 5.69 Å². The number of aryl methyl sites for hydroxylation is 1. The number of aromatic nitrogens is 3. The number of fused-ring (bicyclic) bond motifs is 3. The van der Waals surface area contributed by atoms with E-state index in [1.165, 1.54) is 0 Å². The van der Waals surface area contributed by atoms with Gasteiger partial charge in [0.25, 0.3) is 11.8 Å². The number of hydrogen-bond donors (Lipinski definition) is 3. The molecule has 4 aliphatic rings. The van der Waals surface area contributed by atoms with E-state index in [0.717, 1.165) is 23.1 Å². The van der Waals surface area contributed by atoms with Crippen molar-refractivity contribution in [3.63, 3.8) is 0 Å². The Hall–Kier alpha value is -5.14. The molecule has 2 aliphatic carbocycles. The molecule has 0 unspecified atom stereocenters. The van der Waals surface area contributed by atoms with Crippen LogP contribution in [0.2, 0.25) is 0 Å². The van der Waals surface area contributed by atoms with Crippen molar-refractivity contribution < 1.29 is 54.4 Å². The lowest BCUT2D eigenvalue weighted by atomic mass is 10.0. The molecule has 0 spiro atoms. The van der Waals surface area contributed by atoms with Gasteiger partial charge in [-0.2, -0.15) is 13.2 Å². The van der Waals surface area contributed by atoms with Crippen molar-refractivity contribution in [2.75, 3.05) is 6.54 Å². The van der Waals surface area contributed by atoms with Gasteiger partial charge in [-0.1, -0.05) is 30.2 Å². The van der Waals surface area contributed by atoms with Gasteiger partial charge >= 0.3 is 6.18 Å². The van der Waals surface area contributed by atoms with Gasteiger partial charge in [0.1, 0.15) is 35.3 Å². The molecule has 3 N–H and O–H groups in total. The zero-order valence-corrected chi connectivity index (χ0v) is 31.1. The van der Waals surface area contributed by atoms with Crippen LogP contribution >= 0.6 is 0 Å². The summed E-state index contributed by atoms with van der Waals surface area (Å²) >= 11 is 0. The standard InChI is InChI=1S/C36H39F4N7O8S/c1-18-19(2)55-45-28(18)31(49)42-25-9-7-5-3-4-6-8-20-16-35(20,34(51)46-56(52,53)23-11-12-23)44-30(48)27-15-22(17-47(27)33(25)50)54-32-29(36(38,39)40)41-24-13-10-21(37)14-26(24)43-32/h6,8,10,13-14,20,22-23,25,27H,3-5,7,9,11-12,15-17H2,1-2H3,(H,42,49)(H,44,48)(H,46,51)/b8-6-/t20-,22-,25+,27+,35-/m1/s1. The third kappa shape index (κ3) is 7.92. The summed E-state index contributed by atoms with van der Waals surface area (Å²) in [4.78, 5) is 64.5. The van der Waals surface area contributed by atoms with Crippen molar-refractivity contribution >= 4 is 44.7 Å². The SMILES string of the molecule is Cc1onc(C(=O)N[C@H]2CCCCC/C=C\[C@@H]3C[C@@]3(C(=O)NS(=O)(=O)C3CC3)NC(=O)[C@@H]3C[C@@H](Oc4nc5cc(F)ccc5nc4C(F)(F)F)CN3C2=O)c1C. The van der Waals surface area contributed by atoms with Crippen molar-refractivity contribution in [1.29, 1.82) is 0 Å². The molecule has 56 heavy (non-hydrogen) atoms. The molecule has 0 bridgehead atoms. The fourth-order valence-corrected chi connectivity index (χ4v) is 8.50. The molecular formula is C36H39F4N7O8S. The van der Waals surface area contributed by atoms with Crippen LogP contribution in [-0.2, 0) is 30.6 Å². The number of benzene rings is 1. The van der Waals surface area contributed by atoms with Crippen molar-refractivity contribution in [2.45, 2.75) is 107 Å². The summed E-state index contributed by atoms with van der Waals surface area (Å²) in [6.07, 6.45) is 0.0449. The van der Waals surface area contributed by atoms with E-state index in [0.29, 0.717) is 49.8 Å². The highest BCUT2D eigenvalue weighted by atomic mass is 32.2. The Labute approximate surface area is 318 Å². The quantitative estimate of drug-likeness (QED) is 0.233. The van der Waals surface area contributed by atoms with E-state index >= 15 is 0 Å². The minimum Gasteiger partial charge on any atom is -0.471 e. The molecule has 5 atom stereocenters. The molecule has 20 heteroatoms. The van der Waals surface area contributed by atoms with Crippen LogP contribution in [0.15, 0.2) is 34.9 Å². The number of halogens is 4. The van der Waals surface area contributed by atoms with Crippen LogP contribution < -0.4 is 20.1 Å². The van der Waals surface area contributed by atoms with Gasteiger partial charge in [0, 0.05) is 24.0 Å². The third-order valence-corrected chi connectivity index (χ3v) is 12.5. The Bertz CT molecular complexity index is 2230. The molecule has 1 saturated heterocycles. The van der Waals surface area contributed by atoms with Crippen LogP contribution in [0.1, 0.15) is 85.3 Å². The molecule has 2 aliphatic heterocycles. The summed E-state index contributed by atoms with van der Waals surface area (Å²) in [6.45, 7) is 2.75. The molecule has 3 aromatic rings.